The van der Waals surface area contributed by atoms with Gasteiger partial charge in [-0.3, -0.25) is 4.90 Å². The second-order valence-electron chi connectivity index (χ2n) is 4.67. The van der Waals surface area contributed by atoms with Crippen molar-refractivity contribution < 1.29 is 18.4 Å². The summed E-state index contributed by atoms with van der Waals surface area (Å²) >= 11 is 0. The summed E-state index contributed by atoms with van der Waals surface area (Å²) in [5, 5.41) is 11.0. The van der Waals surface area contributed by atoms with Crippen molar-refractivity contribution >= 4 is 5.84 Å². The van der Waals surface area contributed by atoms with E-state index in [9.17, 15) is 13.2 Å². The van der Waals surface area contributed by atoms with Crippen LogP contribution in [0.1, 0.15) is 32.6 Å². The molecule has 0 aromatic heterocycles. The number of alkyl halides is 3. The van der Waals surface area contributed by atoms with Gasteiger partial charge in [0.2, 0.25) is 0 Å². The van der Waals surface area contributed by atoms with Gasteiger partial charge in [0.1, 0.15) is 5.92 Å². The molecular weight excluding hydrogens is 247 g/mol. The third-order valence-corrected chi connectivity index (χ3v) is 3.51. The van der Waals surface area contributed by atoms with Crippen molar-refractivity contribution in [1.82, 2.24) is 4.90 Å². The first-order chi connectivity index (χ1) is 8.40. The summed E-state index contributed by atoms with van der Waals surface area (Å²) in [7, 11) is 0. The lowest BCUT2D eigenvalue weighted by atomic mass is 9.97. The third kappa shape index (κ3) is 3.76. The average molecular weight is 267 g/mol. The van der Waals surface area contributed by atoms with Crippen LogP contribution < -0.4 is 5.73 Å². The van der Waals surface area contributed by atoms with Crippen molar-refractivity contribution in [3.05, 3.63) is 0 Å². The summed E-state index contributed by atoms with van der Waals surface area (Å²) < 4.78 is 38.5. The van der Waals surface area contributed by atoms with E-state index in [4.69, 9.17) is 10.9 Å². The fourth-order valence-corrected chi connectivity index (χ4v) is 2.43. The lowest BCUT2D eigenvalue weighted by Gasteiger charge is -2.37. The molecule has 2 atom stereocenters. The second kappa shape index (κ2) is 6.26. The summed E-state index contributed by atoms with van der Waals surface area (Å²) in [5.41, 5.74) is 5.16. The highest BCUT2D eigenvalue weighted by atomic mass is 19.4. The van der Waals surface area contributed by atoms with Crippen LogP contribution in [0, 0.1) is 5.92 Å². The van der Waals surface area contributed by atoms with E-state index in [2.05, 4.69) is 5.16 Å². The molecule has 0 saturated carbocycles. The Morgan fingerprint density at radius 1 is 1.50 bits per heavy atom. The number of likely N-dealkylation sites (tertiary alicyclic amines) is 1. The minimum atomic E-state index is -4.48. The van der Waals surface area contributed by atoms with E-state index < -0.39 is 17.9 Å². The van der Waals surface area contributed by atoms with Crippen LogP contribution in [0.15, 0.2) is 5.16 Å². The monoisotopic (exact) mass is 267 g/mol. The van der Waals surface area contributed by atoms with Crippen LogP contribution in [0.25, 0.3) is 0 Å². The molecule has 1 aliphatic heterocycles. The number of amidine groups is 1. The topological polar surface area (TPSA) is 61.8 Å². The maximum Gasteiger partial charge on any atom is 0.400 e. The molecule has 0 aromatic rings. The Bertz CT molecular complexity index is 294. The van der Waals surface area contributed by atoms with Gasteiger partial charge in [-0.25, -0.2) is 0 Å². The Morgan fingerprint density at radius 2 is 2.17 bits per heavy atom. The SMILES string of the molecule is CCC1CCCCN1CC(C(N)=NO)C(F)(F)F. The van der Waals surface area contributed by atoms with E-state index in [0.717, 1.165) is 25.7 Å². The van der Waals surface area contributed by atoms with Gasteiger partial charge in [0.05, 0.1) is 0 Å². The molecule has 0 aromatic carbocycles. The van der Waals surface area contributed by atoms with E-state index in [1.165, 1.54) is 0 Å². The molecule has 2 unspecified atom stereocenters. The molecule has 3 N–H and O–H groups in total. The van der Waals surface area contributed by atoms with Gasteiger partial charge in [0.25, 0.3) is 0 Å². The van der Waals surface area contributed by atoms with Crippen LogP contribution in [0.3, 0.4) is 0 Å². The fraction of sp³-hybridized carbons (Fsp3) is 0.909. The summed E-state index contributed by atoms with van der Waals surface area (Å²) in [5.74, 6) is -2.66. The normalized spacial score (nSPS) is 25.1. The van der Waals surface area contributed by atoms with Crippen molar-refractivity contribution in [3.63, 3.8) is 0 Å². The maximum absolute atomic E-state index is 12.8. The maximum atomic E-state index is 12.8. The molecule has 1 aliphatic rings. The van der Waals surface area contributed by atoms with Gasteiger partial charge in [-0.05, 0) is 25.8 Å². The number of hydrogen-bond donors (Lipinski definition) is 2. The zero-order valence-electron chi connectivity index (χ0n) is 10.5. The standard InChI is InChI=1S/C11H20F3N3O/c1-2-8-5-3-4-6-17(8)7-9(10(15)16-18)11(12,13)14/h8-9,18H,2-7H2,1H3,(H2,15,16). The van der Waals surface area contributed by atoms with Gasteiger partial charge in [-0.15, -0.1) is 0 Å². The second-order valence-corrected chi connectivity index (χ2v) is 4.67. The summed E-state index contributed by atoms with van der Waals surface area (Å²) in [6.07, 6.45) is -0.795. The zero-order chi connectivity index (χ0) is 13.8. The van der Waals surface area contributed by atoms with E-state index in [-0.39, 0.29) is 12.6 Å². The predicted octanol–water partition coefficient (Wildman–Crippen LogP) is 2.18. The Morgan fingerprint density at radius 3 is 2.67 bits per heavy atom. The molecule has 1 heterocycles. The van der Waals surface area contributed by atoms with Gasteiger partial charge < -0.3 is 10.9 Å². The van der Waals surface area contributed by atoms with Gasteiger partial charge in [0, 0.05) is 12.6 Å². The third-order valence-electron chi connectivity index (χ3n) is 3.51. The Hall–Kier alpha value is -0.980. The highest BCUT2D eigenvalue weighted by Gasteiger charge is 2.44. The number of rotatable bonds is 4. The van der Waals surface area contributed by atoms with Crippen molar-refractivity contribution in [2.45, 2.75) is 44.8 Å². The quantitative estimate of drug-likeness (QED) is 0.355. The Balaban J connectivity index is 2.76. The van der Waals surface area contributed by atoms with Crippen LogP contribution in [-0.2, 0) is 0 Å². The Labute approximate surface area is 105 Å². The molecule has 18 heavy (non-hydrogen) atoms. The average Bonchev–Trinajstić information content (AvgIpc) is 2.34. The minimum absolute atomic E-state index is 0.162. The molecule has 0 aliphatic carbocycles. The molecule has 0 spiro atoms. The number of piperidine rings is 1. The first kappa shape index (κ1) is 15.1. The van der Waals surface area contributed by atoms with Crippen LogP contribution in [0.2, 0.25) is 0 Å². The molecule has 1 rings (SSSR count). The zero-order valence-corrected chi connectivity index (χ0v) is 10.5. The van der Waals surface area contributed by atoms with E-state index in [1.807, 2.05) is 6.92 Å². The number of oxime groups is 1. The number of nitrogens with two attached hydrogens (primary N) is 1. The molecule has 1 fully saturated rings. The summed E-state index contributed by atoms with van der Waals surface area (Å²) in [4.78, 5) is 1.81. The molecule has 106 valence electrons. The molecule has 0 bridgehead atoms. The molecular formula is C11H20F3N3O. The van der Waals surface area contributed by atoms with Gasteiger partial charge in [-0.1, -0.05) is 18.5 Å². The van der Waals surface area contributed by atoms with Crippen molar-refractivity contribution in [1.29, 1.82) is 0 Å². The molecule has 0 amide bonds. The van der Waals surface area contributed by atoms with Gasteiger partial charge >= 0.3 is 6.18 Å². The lowest BCUT2D eigenvalue weighted by molar-refractivity contribution is -0.162. The summed E-state index contributed by atoms with van der Waals surface area (Å²) in [6.45, 7) is 2.39. The highest BCUT2D eigenvalue weighted by molar-refractivity contribution is 5.83. The van der Waals surface area contributed by atoms with Crippen LogP contribution in [-0.4, -0.2) is 41.3 Å². The summed E-state index contributed by atoms with van der Waals surface area (Å²) in [6, 6.07) is 0.162. The number of halogens is 3. The van der Waals surface area contributed by atoms with Gasteiger partial charge in [0.15, 0.2) is 5.84 Å². The Kier molecular flexibility index (Phi) is 5.25. The van der Waals surface area contributed by atoms with Crippen molar-refractivity contribution in [3.8, 4) is 0 Å². The van der Waals surface area contributed by atoms with E-state index in [1.54, 1.807) is 4.90 Å². The van der Waals surface area contributed by atoms with Crippen LogP contribution >= 0.6 is 0 Å². The predicted molar refractivity (Wildman–Crippen MR) is 62.5 cm³/mol. The fourth-order valence-electron chi connectivity index (χ4n) is 2.43. The van der Waals surface area contributed by atoms with E-state index >= 15 is 0 Å². The number of hydrogen-bond acceptors (Lipinski definition) is 3. The molecule has 0 radical (unpaired) electrons. The molecule has 7 heteroatoms. The van der Waals surface area contributed by atoms with Gasteiger partial charge in [-0.2, -0.15) is 13.2 Å². The highest BCUT2D eigenvalue weighted by Crippen LogP contribution is 2.30. The van der Waals surface area contributed by atoms with E-state index in [0.29, 0.717) is 6.54 Å². The van der Waals surface area contributed by atoms with Crippen LogP contribution in [0.5, 0.6) is 0 Å². The first-order valence-electron chi connectivity index (χ1n) is 6.18. The molecule has 1 saturated heterocycles. The first-order valence-corrected chi connectivity index (χ1v) is 6.18. The van der Waals surface area contributed by atoms with Crippen molar-refractivity contribution in [2.75, 3.05) is 13.1 Å². The van der Waals surface area contributed by atoms with Crippen molar-refractivity contribution in [2.24, 2.45) is 16.8 Å². The van der Waals surface area contributed by atoms with Crippen LogP contribution in [0.4, 0.5) is 13.2 Å². The largest absolute Gasteiger partial charge is 0.409 e. The lowest BCUT2D eigenvalue weighted by Crippen LogP contribution is -2.49. The molecule has 4 nitrogen and oxygen atoms in total. The minimum Gasteiger partial charge on any atom is -0.409 e. The smallest absolute Gasteiger partial charge is 0.400 e. The number of nitrogens with zero attached hydrogens (tertiary/aromatic N) is 2.